The van der Waals surface area contributed by atoms with Crippen LogP contribution >= 0.6 is 0 Å². The molecule has 7 nitrogen and oxygen atoms in total. The molecule has 23 heavy (non-hydrogen) atoms. The Labute approximate surface area is 134 Å². The molecule has 1 atom stereocenters. The number of methoxy groups -OCH3 is 1. The molecule has 1 aromatic carbocycles. The Kier molecular flexibility index (Phi) is 4.32. The second kappa shape index (κ2) is 6.25. The van der Waals surface area contributed by atoms with E-state index in [1.54, 1.807) is 7.11 Å². The second-order valence-corrected chi connectivity index (χ2v) is 6.08. The van der Waals surface area contributed by atoms with Crippen molar-refractivity contribution < 1.29 is 24.1 Å². The number of nitrogens with zero attached hydrogens (tertiary/aromatic N) is 1. The van der Waals surface area contributed by atoms with Crippen LogP contribution in [0.1, 0.15) is 18.4 Å². The van der Waals surface area contributed by atoms with Crippen LogP contribution in [0.25, 0.3) is 0 Å². The lowest BCUT2D eigenvalue weighted by molar-refractivity contribution is -0.142. The molecule has 1 aromatic rings. The summed E-state index contributed by atoms with van der Waals surface area (Å²) in [4.78, 5) is 13.3. The molecule has 1 saturated heterocycles. The Balaban J connectivity index is 1.80. The topological polar surface area (TPSA) is 94.3 Å². The zero-order valence-electron chi connectivity index (χ0n) is 13.2. The summed E-state index contributed by atoms with van der Waals surface area (Å²) in [5.41, 5.74) is 5.70. The van der Waals surface area contributed by atoms with Crippen molar-refractivity contribution in [2.75, 3.05) is 33.4 Å². The van der Waals surface area contributed by atoms with E-state index in [-0.39, 0.29) is 0 Å². The van der Waals surface area contributed by atoms with E-state index >= 15 is 0 Å². The minimum atomic E-state index is -1.17. The lowest BCUT2D eigenvalue weighted by Gasteiger charge is -2.21. The first-order valence-corrected chi connectivity index (χ1v) is 7.73. The molecule has 3 N–H and O–H groups in total. The average Bonchev–Trinajstić information content (AvgIpc) is 2.77. The van der Waals surface area contributed by atoms with E-state index in [1.807, 2.05) is 17.0 Å². The van der Waals surface area contributed by atoms with Crippen LogP contribution in [0.15, 0.2) is 12.1 Å². The third-order valence-electron chi connectivity index (χ3n) is 4.35. The summed E-state index contributed by atoms with van der Waals surface area (Å²) >= 11 is 0. The second-order valence-electron chi connectivity index (χ2n) is 6.08. The lowest BCUT2D eigenvalue weighted by atomic mass is 10.0. The van der Waals surface area contributed by atoms with Gasteiger partial charge in [0.2, 0.25) is 0 Å². The van der Waals surface area contributed by atoms with E-state index in [9.17, 15) is 9.90 Å². The van der Waals surface area contributed by atoms with E-state index < -0.39 is 11.5 Å². The van der Waals surface area contributed by atoms with Crippen LogP contribution in [0.2, 0.25) is 0 Å². The largest absolute Gasteiger partial charge is 0.496 e. The third kappa shape index (κ3) is 3.20. The Morgan fingerprint density at radius 2 is 2.09 bits per heavy atom. The fourth-order valence-corrected chi connectivity index (χ4v) is 3.01. The van der Waals surface area contributed by atoms with Crippen LogP contribution < -0.4 is 19.9 Å². The highest BCUT2D eigenvalue weighted by atomic mass is 16.5. The van der Waals surface area contributed by atoms with E-state index in [0.717, 1.165) is 12.0 Å². The predicted octanol–water partition coefficient (Wildman–Crippen LogP) is 0.844. The molecule has 0 aliphatic carbocycles. The van der Waals surface area contributed by atoms with Gasteiger partial charge in [-0.3, -0.25) is 9.69 Å². The number of rotatable bonds is 4. The number of aliphatic carboxylic acids is 1. The number of benzene rings is 1. The first-order chi connectivity index (χ1) is 11.0. The molecule has 0 radical (unpaired) electrons. The molecule has 0 spiro atoms. The molecule has 0 amide bonds. The Morgan fingerprint density at radius 1 is 1.39 bits per heavy atom. The van der Waals surface area contributed by atoms with Crippen LogP contribution in [0.5, 0.6) is 17.2 Å². The monoisotopic (exact) mass is 322 g/mol. The molecule has 2 aliphatic heterocycles. The molecule has 0 saturated carbocycles. The molecular formula is C16H22N2O5. The van der Waals surface area contributed by atoms with Gasteiger partial charge in [0.15, 0.2) is 11.5 Å². The smallest absolute Gasteiger partial charge is 0.325 e. The Bertz CT molecular complexity index is 606. The Morgan fingerprint density at radius 3 is 2.70 bits per heavy atom. The van der Waals surface area contributed by atoms with Crippen molar-refractivity contribution in [1.82, 2.24) is 4.90 Å². The summed E-state index contributed by atoms with van der Waals surface area (Å²) in [6.07, 6.45) is 1.28. The van der Waals surface area contributed by atoms with Gasteiger partial charge in [0, 0.05) is 37.7 Å². The molecule has 0 unspecified atom stereocenters. The number of hydrogen-bond donors (Lipinski definition) is 2. The van der Waals surface area contributed by atoms with Gasteiger partial charge in [-0.05, 0) is 12.5 Å². The number of nitrogens with two attached hydrogens (primary N) is 1. The number of hydrogen-bond acceptors (Lipinski definition) is 6. The highest BCUT2D eigenvalue weighted by molar-refractivity contribution is 5.79. The van der Waals surface area contributed by atoms with Gasteiger partial charge in [0.25, 0.3) is 0 Å². The van der Waals surface area contributed by atoms with Crippen molar-refractivity contribution >= 4 is 5.97 Å². The molecule has 0 aromatic heterocycles. The molecule has 7 heteroatoms. The fourth-order valence-electron chi connectivity index (χ4n) is 3.01. The van der Waals surface area contributed by atoms with Gasteiger partial charge < -0.3 is 25.1 Å². The zero-order chi connectivity index (χ0) is 16.4. The number of likely N-dealkylation sites (tertiary alicyclic amines) is 1. The molecule has 126 valence electrons. The quantitative estimate of drug-likeness (QED) is 0.848. The van der Waals surface area contributed by atoms with Gasteiger partial charge in [-0.1, -0.05) is 0 Å². The summed E-state index contributed by atoms with van der Waals surface area (Å²) in [6.45, 7) is 2.76. The van der Waals surface area contributed by atoms with Crippen molar-refractivity contribution in [2.24, 2.45) is 5.73 Å². The SMILES string of the molecule is COc1cc2c(cc1CN1CC[C@@](N)(C(=O)O)C1)OCCCO2. The highest BCUT2D eigenvalue weighted by Crippen LogP contribution is 2.37. The summed E-state index contributed by atoms with van der Waals surface area (Å²) < 4.78 is 16.8. The van der Waals surface area contributed by atoms with E-state index in [2.05, 4.69) is 0 Å². The van der Waals surface area contributed by atoms with Crippen LogP contribution in [0.4, 0.5) is 0 Å². The van der Waals surface area contributed by atoms with Crippen molar-refractivity contribution in [1.29, 1.82) is 0 Å². The maximum atomic E-state index is 11.3. The first-order valence-electron chi connectivity index (χ1n) is 7.73. The molecule has 0 bridgehead atoms. The maximum absolute atomic E-state index is 11.3. The molecule has 2 aliphatic rings. The minimum Gasteiger partial charge on any atom is -0.496 e. The van der Waals surface area contributed by atoms with Gasteiger partial charge in [-0.25, -0.2) is 0 Å². The lowest BCUT2D eigenvalue weighted by Crippen LogP contribution is -2.50. The van der Waals surface area contributed by atoms with E-state index in [1.165, 1.54) is 0 Å². The highest BCUT2D eigenvalue weighted by Gasteiger charge is 2.41. The van der Waals surface area contributed by atoms with Crippen LogP contribution in [-0.4, -0.2) is 54.9 Å². The molecule has 1 fully saturated rings. The van der Waals surface area contributed by atoms with Gasteiger partial charge in [0.1, 0.15) is 11.3 Å². The van der Waals surface area contributed by atoms with Crippen LogP contribution in [0, 0.1) is 0 Å². The Hall–Kier alpha value is -1.99. The molecule has 3 rings (SSSR count). The van der Waals surface area contributed by atoms with Gasteiger partial charge in [-0.15, -0.1) is 0 Å². The summed E-state index contributed by atoms with van der Waals surface area (Å²) in [5, 5.41) is 9.23. The maximum Gasteiger partial charge on any atom is 0.325 e. The summed E-state index contributed by atoms with van der Waals surface area (Å²) in [7, 11) is 1.61. The summed E-state index contributed by atoms with van der Waals surface area (Å²) in [6, 6.07) is 3.75. The van der Waals surface area contributed by atoms with Crippen molar-refractivity contribution in [3.8, 4) is 17.2 Å². The number of fused-ring (bicyclic) bond motifs is 1. The molecule has 2 heterocycles. The predicted molar refractivity (Wildman–Crippen MR) is 83.0 cm³/mol. The van der Waals surface area contributed by atoms with Crippen LogP contribution in [0.3, 0.4) is 0 Å². The zero-order valence-corrected chi connectivity index (χ0v) is 13.2. The van der Waals surface area contributed by atoms with Gasteiger partial charge >= 0.3 is 5.97 Å². The average molecular weight is 322 g/mol. The number of carbonyl (C=O) groups is 1. The van der Waals surface area contributed by atoms with E-state index in [0.29, 0.717) is 56.5 Å². The van der Waals surface area contributed by atoms with Crippen LogP contribution in [-0.2, 0) is 11.3 Å². The normalized spacial score (nSPS) is 24.3. The van der Waals surface area contributed by atoms with Crippen molar-refractivity contribution in [3.63, 3.8) is 0 Å². The number of carboxylic acids is 1. The number of ether oxygens (including phenoxy) is 3. The third-order valence-corrected chi connectivity index (χ3v) is 4.35. The van der Waals surface area contributed by atoms with Gasteiger partial charge in [0.05, 0.1) is 20.3 Å². The summed E-state index contributed by atoms with van der Waals surface area (Å²) in [5.74, 6) is 1.14. The standard InChI is InChI=1S/C16H22N2O5/c1-21-12-8-14-13(22-5-2-6-23-14)7-11(12)9-18-4-3-16(17,10-18)15(19)20/h7-8H,2-6,9-10,17H2,1H3,(H,19,20)/t16-/m0/s1. The van der Waals surface area contributed by atoms with Gasteiger partial charge in [-0.2, -0.15) is 0 Å². The minimum absolute atomic E-state index is 0.319. The van der Waals surface area contributed by atoms with Crippen molar-refractivity contribution in [3.05, 3.63) is 17.7 Å². The molecular weight excluding hydrogens is 300 g/mol. The first kappa shape index (κ1) is 15.9. The van der Waals surface area contributed by atoms with Crippen molar-refractivity contribution in [2.45, 2.75) is 24.9 Å². The number of carboxylic acid groups (broad SMARTS) is 1. The van der Waals surface area contributed by atoms with E-state index in [4.69, 9.17) is 19.9 Å². The fraction of sp³-hybridized carbons (Fsp3) is 0.562.